The first-order valence-corrected chi connectivity index (χ1v) is 8.85. The summed E-state index contributed by atoms with van der Waals surface area (Å²) in [5.41, 5.74) is 2.39. The Morgan fingerprint density at radius 3 is 2.42 bits per heavy atom. The van der Waals surface area contributed by atoms with Gasteiger partial charge in [0.25, 0.3) is 0 Å². The highest BCUT2D eigenvalue weighted by Crippen LogP contribution is 2.44. The van der Waals surface area contributed by atoms with E-state index in [4.69, 9.17) is 32.7 Å². The van der Waals surface area contributed by atoms with Crippen molar-refractivity contribution in [1.29, 1.82) is 0 Å². The number of ether oxygens (including phenoxy) is 2. The summed E-state index contributed by atoms with van der Waals surface area (Å²) >= 11 is 12.7. The van der Waals surface area contributed by atoms with Gasteiger partial charge in [-0.3, -0.25) is 0 Å². The highest BCUT2D eigenvalue weighted by atomic mass is 35.5. The van der Waals surface area contributed by atoms with Gasteiger partial charge in [0.05, 0.1) is 12.5 Å². The number of benzene rings is 1. The van der Waals surface area contributed by atoms with E-state index in [0.717, 1.165) is 22.4 Å². The van der Waals surface area contributed by atoms with E-state index in [9.17, 15) is 4.79 Å². The molecule has 24 heavy (non-hydrogen) atoms. The second-order valence-electron chi connectivity index (χ2n) is 7.22. The molecule has 1 amide bonds. The number of carbonyl (C=O) groups excluding carboxylic acids is 1. The van der Waals surface area contributed by atoms with Crippen molar-refractivity contribution in [3.63, 3.8) is 0 Å². The third-order valence-corrected chi connectivity index (χ3v) is 4.75. The van der Waals surface area contributed by atoms with Gasteiger partial charge in [0.2, 0.25) is 0 Å². The van der Waals surface area contributed by atoms with Gasteiger partial charge < -0.3 is 14.4 Å². The number of nitrogens with zero attached hydrogens (tertiary/aromatic N) is 1. The summed E-state index contributed by atoms with van der Waals surface area (Å²) in [4.78, 5) is 13.8. The third kappa shape index (κ3) is 3.92. The van der Waals surface area contributed by atoms with Crippen molar-refractivity contribution in [3.8, 4) is 5.75 Å². The average Bonchev–Trinajstić information content (AvgIpc) is 2.39. The molecule has 6 heteroatoms. The maximum Gasteiger partial charge on any atom is 0.410 e. The normalized spacial score (nSPS) is 16.6. The van der Waals surface area contributed by atoms with Crippen LogP contribution in [0.4, 0.5) is 4.79 Å². The molecule has 0 aromatic heterocycles. The Morgan fingerprint density at radius 2 is 1.96 bits per heavy atom. The molecule has 1 heterocycles. The molecule has 2 rings (SSSR count). The van der Waals surface area contributed by atoms with Gasteiger partial charge in [-0.2, -0.15) is 0 Å². The van der Waals surface area contributed by atoms with Gasteiger partial charge in [-0.15, -0.1) is 11.6 Å². The maximum absolute atomic E-state index is 12.1. The Bertz CT molecular complexity index is 632. The van der Waals surface area contributed by atoms with E-state index in [1.54, 1.807) is 12.0 Å². The van der Waals surface area contributed by atoms with Crippen LogP contribution < -0.4 is 4.74 Å². The zero-order valence-corrected chi connectivity index (χ0v) is 16.6. The molecule has 1 aromatic carbocycles. The molecule has 0 unspecified atom stereocenters. The SMILES string of the molecule is COc1c([C@@H](C)Cl)cc(Cl)c(C)c1C1CN(C(=O)OC(C)(C)C)C1. The van der Waals surface area contributed by atoms with Crippen molar-refractivity contribution in [1.82, 2.24) is 4.90 Å². The molecule has 1 aliphatic heterocycles. The predicted octanol–water partition coefficient (Wildman–Crippen LogP) is 5.29. The van der Waals surface area contributed by atoms with E-state index in [-0.39, 0.29) is 17.4 Å². The first-order chi connectivity index (χ1) is 11.0. The van der Waals surface area contributed by atoms with Crippen LogP contribution in [0.15, 0.2) is 6.07 Å². The van der Waals surface area contributed by atoms with E-state index in [2.05, 4.69) is 0 Å². The number of halogens is 2. The summed E-state index contributed by atoms with van der Waals surface area (Å²) in [6.45, 7) is 10.6. The molecular weight excluding hydrogens is 349 g/mol. The summed E-state index contributed by atoms with van der Waals surface area (Å²) in [5, 5.41) is 0.461. The molecule has 0 bridgehead atoms. The fraction of sp³-hybridized carbons (Fsp3) is 0.611. The minimum absolute atomic E-state index is 0.167. The lowest BCUT2D eigenvalue weighted by atomic mass is 9.86. The number of alkyl halides is 1. The molecule has 0 aliphatic carbocycles. The zero-order chi connectivity index (χ0) is 18.2. The van der Waals surface area contributed by atoms with Crippen molar-refractivity contribution < 1.29 is 14.3 Å². The lowest BCUT2D eigenvalue weighted by molar-refractivity contribution is 0.00794. The molecule has 0 spiro atoms. The molecule has 1 aliphatic rings. The molecule has 1 fully saturated rings. The monoisotopic (exact) mass is 373 g/mol. The highest BCUT2D eigenvalue weighted by molar-refractivity contribution is 6.31. The second-order valence-corrected chi connectivity index (χ2v) is 8.28. The van der Waals surface area contributed by atoms with Crippen molar-refractivity contribution in [2.24, 2.45) is 0 Å². The van der Waals surface area contributed by atoms with Gasteiger partial charge >= 0.3 is 6.09 Å². The number of hydrogen-bond acceptors (Lipinski definition) is 3. The van der Waals surface area contributed by atoms with Crippen LogP contribution in [0.2, 0.25) is 5.02 Å². The largest absolute Gasteiger partial charge is 0.496 e. The van der Waals surface area contributed by atoms with Crippen LogP contribution in [0.25, 0.3) is 0 Å². The van der Waals surface area contributed by atoms with Gasteiger partial charge in [0, 0.05) is 35.2 Å². The Kier molecular flexibility index (Phi) is 5.61. The fourth-order valence-corrected chi connectivity index (χ4v) is 3.30. The number of methoxy groups -OCH3 is 1. The lowest BCUT2D eigenvalue weighted by Gasteiger charge is -2.41. The van der Waals surface area contributed by atoms with E-state index in [1.165, 1.54) is 0 Å². The minimum atomic E-state index is -0.493. The first-order valence-electron chi connectivity index (χ1n) is 8.04. The summed E-state index contributed by atoms with van der Waals surface area (Å²) < 4.78 is 11.0. The number of carbonyl (C=O) groups is 1. The lowest BCUT2D eigenvalue weighted by Crippen LogP contribution is -2.50. The Morgan fingerprint density at radius 1 is 1.38 bits per heavy atom. The van der Waals surface area contributed by atoms with E-state index < -0.39 is 5.60 Å². The highest BCUT2D eigenvalue weighted by Gasteiger charge is 2.38. The standard InChI is InChI=1S/C18H25Cl2NO3/c1-10-14(20)7-13(11(2)19)16(23-6)15(10)12-8-21(9-12)17(22)24-18(3,4)5/h7,11-12H,8-9H2,1-6H3/t11-/m1/s1. The fourth-order valence-electron chi connectivity index (χ4n) is 2.92. The molecule has 1 saturated heterocycles. The van der Waals surface area contributed by atoms with E-state index in [1.807, 2.05) is 40.7 Å². The van der Waals surface area contributed by atoms with Crippen LogP contribution in [0.5, 0.6) is 5.75 Å². The molecule has 0 N–H and O–H groups in total. The van der Waals surface area contributed by atoms with Gasteiger partial charge in [-0.05, 0) is 46.2 Å². The summed E-state index contributed by atoms with van der Waals surface area (Å²) in [6, 6.07) is 1.86. The van der Waals surface area contributed by atoms with Gasteiger partial charge in [0.1, 0.15) is 11.4 Å². The van der Waals surface area contributed by atoms with E-state index in [0.29, 0.717) is 18.1 Å². The van der Waals surface area contributed by atoms with Crippen LogP contribution in [0.3, 0.4) is 0 Å². The van der Waals surface area contributed by atoms with Crippen LogP contribution in [-0.2, 0) is 4.74 Å². The van der Waals surface area contributed by atoms with Crippen molar-refractivity contribution in [2.45, 2.75) is 51.5 Å². The quantitative estimate of drug-likeness (QED) is 0.675. The van der Waals surface area contributed by atoms with Crippen molar-refractivity contribution >= 4 is 29.3 Å². The molecule has 0 saturated carbocycles. The Labute approximate surface area is 154 Å². The van der Waals surface area contributed by atoms with Crippen LogP contribution in [-0.4, -0.2) is 36.8 Å². The van der Waals surface area contributed by atoms with Gasteiger partial charge in [-0.1, -0.05) is 11.6 Å². The average molecular weight is 374 g/mol. The number of amides is 1. The molecule has 0 radical (unpaired) electrons. The van der Waals surface area contributed by atoms with Gasteiger partial charge in [0.15, 0.2) is 0 Å². The molecule has 4 nitrogen and oxygen atoms in total. The smallest absolute Gasteiger partial charge is 0.410 e. The number of likely N-dealkylation sites (tertiary alicyclic amines) is 1. The van der Waals surface area contributed by atoms with Crippen LogP contribution in [0, 0.1) is 6.92 Å². The van der Waals surface area contributed by atoms with Gasteiger partial charge in [-0.25, -0.2) is 4.79 Å². The predicted molar refractivity (Wildman–Crippen MR) is 97.6 cm³/mol. The minimum Gasteiger partial charge on any atom is -0.496 e. The molecule has 134 valence electrons. The maximum atomic E-state index is 12.1. The van der Waals surface area contributed by atoms with Crippen LogP contribution >= 0.6 is 23.2 Å². The zero-order valence-electron chi connectivity index (χ0n) is 15.1. The van der Waals surface area contributed by atoms with Crippen molar-refractivity contribution in [2.75, 3.05) is 20.2 Å². The molecule has 1 aromatic rings. The number of hydrogen-bond donors (Lipinski definition) is 0. The van der Waals surface area contributed by atoms with Crippen molar-refractivity contribution in [3.05, 3.63) is 27.8 Å². The molecular formula is C18H25Cl2NO3. The third-order valence-electron chi connectivity index (χ3n) is 4.13. The molecule has 1 atom stereocenters. The Balaban J connectivity index is 2.24. The first kappa shape index (κ1) is 19.2. The van der Waals surface area contributed by atoms with Crippen LogP contribution in [0.1, 0.15) is 55.7 Å². The summed E-state index contributed by atoms with van der Waals surface area (Å²) in [7, 11) is 1.64. The second kappa shape index (κ2) is 7.01. The Hall–Kier alpha value is -1.13. The number of rotatable bonds is 3. The van der Waals surface area contributed by atoms with E-state index >= 15 is 0 Å². The summed E-state index contributed by atoms with van der Waals surface area (Å²) in [5.74, 6) is 0.938. The topological polar surface area (TPSA) is 38.8 Å². The summed E-state index contributed by atoms with van der Waals surface area (Å²) in [6.07, 6.45) is -0.289.